The number of aromatic nitrogens is 2. The summed E-state index contributed by atoms with van der Waals surface area (Å²) in [6.45, 7) is 1.19. The van der Waals surface area contributed by atoms with E-state index in [4.69, 9.17) is 10.5 Å². The summed E-state index contributed by atoms with van der Waals surface area (Å²) in [5.74, 6) is -0.928. The molecule has 0 radical (unpaired) electrons. The average Bonchev–Trinajstić information content (AvgIpc) is 3.16. The number of rotatable bonds is 3. The zero-order valence-corrected chi connectivity index (χ0v) is 16.2. The topological polar surface area (TPSA) is 65.4 Å². The van der Waals surface area contributed by atoms with Crippen molar-refractivity contribution in [3.63, 3.8) is 0 Å². The molecule has 2 aromatic carbocycles. The predicted molar refractivity (Wildman–Crippen MR) is 106 cm³/mol. The second-order valence-electron chi connectivity index (χ2n) is 6.72. The fourth-order valence-corrected chi connectivity index (χ4v) is 3.18. The van der Waals surface area contributed by atoms with Crippen LogP contribution in [0.5, 0.6) is 0 Å². The zero-order valence-electron chi connectivity index (χ0n) is 15.3. The van der Waals surface area contributed by atoms with E-state index in [0.29, 0.717) is 16.8 Å². The van der Waals surface area contributed by atoms with Crippen LogP contribution in [0.15, 0.2) is 59.9 Å². The van der Waals surface area contributed by atoms with Crippen molar-refractivity contribution in [3.05, 3.63) is 72.1 Å². The highest BCUT2D eigenvalue weighted by atomic mass is 35.5. The SMILES string of the molecule is C[C@]1(c2cc(-c3cnn(-c4ccc(F)cc4)c3)ccc2F)N=C(N)OC[C@@H]1F.Cl. The fraction of sp³-hybridized carbons (Fsp3) is 0.200. The normalized spacial score (nSPS) is 21.1. The van der Waals surface area contributed by atoms with E-state index in [1.54, 1.807) is 35.3 Å². The monoisotopic (exact) mass is 422 g/mol. The van der Waals surface area contributed by atoms with Gasteiger partial charge in [0.05, 0.1) is 11.9 Å². The Morgan fingerprint density at radius 3 is 2.59 bits per heavy atom. The number of nitrogens with two attached hydrogens (primary N) is 1. The van der Waals surface area contributed by atoms with Gasteiger partial charge in [-0.2, -0.15) is 5.10 Å². The van der Waals surface area contributed by atoms with Crippen molar-refractivity contribution in [2.75, 3.05) is 6.61 Å². The van der Waals surface area contributed by atoms with E-state index >= 15 is 0 Å². The number of hydrogen-bond acceptors (Lipinski definition) is 4. The maximum atomic E-state index is 14.6. The van der Waals surface area contributed by atoms with Crippen LogP contribution in [0.3, 0.4) is 0 Å². The van der Waals surface area contributed by atoms with Gasteiger partial charge in [-0.15, -0.1) is 12.4 Å². The third-order valence-electron chi connectivity index (χ3n) is 4.85. The van der Waals surface area contributed by atoms with E-state index in [0.717, 1.165) is 0 Å². The molecule has 29 heavy (non-hydrogen) atoms. The molecular weight excluding hydrogens is 405 g/mol. The summed E-state index contributed by atoms with van der Waals surface area (Å²) in [5.41, 5.74) is 6.18. The highest BCUT2D eigenvalue weighted by Gasteiger charge is 2.42. The van der Waals surface area contributed by atoms with Crippen LogP contribution in [-0.2, 0) is 10.3 Å². The Labute approximate surface area is 171 Å². The number of benzene rings is 2. The molecule has 0 spiro atoms. The van der Waals surface area contributed by atoms with Gasteiger partial charge in [-0.05, 0) is 48.9 Å². The molecule has 4 rings (SSSR count). The van der Waals surface area contributed by atoms with Crippen molar-refractivity contribution in [2.24, 2.45) is 10.7 Å². The smallest absolute Gasteiger partial charge is 0.283 e. The summed E-state index contributed by atoms with van der Waals surface area (Å²) >= 11 is 0. The highest BCUT2D eigenvalue weighted by molar-refractivity contribution is 5.85. The van der Waals surface area contributed by atoms with Crippen LogP contribution in [0, 0.1) is 11.6 Å². The second-order valence-corrected chi connectivity index (χ2v) is 6.72. The lowest BCUT2D eigenvalue weighted by Gasteiger charge is -2.33. The number of halogens is 4. The van der Waals surface area contributed by atoms with Crippen molar-refractivity contribution in [1.29, 1.82) is 0 Å². The highest BCUT2D eigenvalue weighted by Crippen LogP contribution is 2.37. The molecule has 0 saturated carbocycles. The molecule has 0 unspecified atom stereocenters. The van der Waals surface area contributed by atoms with Crippen molar-refractivity contribution in [1.82, 2.24) is 9.78 Å². The standard InChI is InChI=1S/C20H17F3N4O.ClH/c1-20(18(23)11-28-19(24)26-20)16-8-12(2-7-17(16)22)13-9-25-27(10-13)15-5-3-14(21)4-6-15;/h2-10,18H,11H2,1H3,(H2,24,26);1H/t18-,20+;/m0./s1. The van der Waals surface area contributed by atoms with Gasteiger partial charge in [0.1, 0.15) is 23.8 Å². The Morgan fingerprint density at radius 1 is 1.14 bits per heavy atom. The third kappa shape index (κ3) is 3.80. The molecule has 0 fully saturated rings. The summed E-state index contributed by atoms with van der Waals surface area (Å²) in [4.78, 5) is 4.02. The van der Waals surface area contributed by atoms with E-state index in [1.165, 1.54) is 31.2 Å². The number of aliphatic imine (C=N–C) groups is 1. The lowest BCUT2D eigenvalue weighted by atomic mass is 9.85. The molecule has 5 nitrogen and oxygen atoms in total. The van der Waals surface area contributed by atoms with Gasteiger partial charge in [0.25, 0.3) is 6.02 Å². The first-order chi connectivity index (χ1) is 13.4. The average molecular weight is 423 g/mol. The Morgan fingerprint density at radius 2 is 1.86 bits per heavy atom. The second kappa shape index (κ2) is 7.79. The summed E-state index contributed by atoms with van der Waals surface area (Å²) in [6.07, 6.45) is 1.77. The Kier molecular flexibility index (Phi) is 5.57. The minimum atomic E-state index is -1.55. The molecule has 2 atom stereocenters. The van der Waals surface area contributed by atoms with Crippen LogP contribution in [0.25, 0.3) is 16.8 Å². The number of alkyl halides is 1. The molecule has 1 aliphatic heterocycles. The van der Waals surface area contributed by atoms with E-state index in [2.05, 4.69) is 10.1 Å². The molecule has 1 aromatic heterocycles. The molecule has 0 amide bonds. The molecule has 2 N–H and O–H groups in total. The molecule has 0 bridgehead atoms. The van der Waals surface area contributed by atoms with E-state index in [9.17, 15) is 13.2 Å². The summed E-state index contributed by atoms with van der Waals surface area (Å²) in [6, 6.07) is 10.1. The molecule has 152 valence electrons. The number of ether oxygens (including phenoxy) is 1. The van der Waals surface area contributed by atoms with Gasteiger partial charge in [-0.25, -0.2) is 22.8 Å². The van der Waals surface area contributed by atoms with Gasteiger partial charge in [-0.1, -0.05) is 6.07 Å². The van der Waals surface area contributed by atoms with Crippen LogP contribution >= 0.6 is 12.4 Å². The van der Waals surface area contributed by atoms with Gasteiger partial charge >= 0.3 is 0 Å². The Balaban J connectivity index is 0.00000240. The zero-order chi connectivity index (χ0) is 19.9. The number of hydrogen-bond donors (Lipinski definition) is 1. The van der Waals surface area contributed by atoms with Crippen molar-refractivity contribution >= 4 is 18.4 Å². The summed E-state index contributed by atoms with van der Waals surface area (Å²) < 4.78 is 48.7. The fourth-order valence-electron chi connectivity index (χ4n) is 3.18. The molecule has 3 aromatic rings. The molecule has 0 aliphatic carbocycles. The summed E-state index contributed by atoms with van der Waals surface area (Å²) in [7, 11) is 0. The Hall–Kier alpha value is -3.00. The van der Waals surface area contributed by atoms with Crippen molar-refractivity contribution in [3.8, 4) is 16.8 Å². The van der Waals surface area contributed by atoms with E-state index < -0.39 is 17.5 Å². The van der Waals surface area contributed by atoms with Gasteiger partial charge < -0.3 is 10.5 Å². The third-order valence-corrected chi connectivity index (χ3v) is 4.85. The Bertz CT molecular complexity index is 1050. The van der Waals surface area contributed by atoms with Crippen LogP contribution < -0.4 is 5.73 Å². The maximum Gasteiger partial charge on any atom is 0.283 e. The van der Waals surface area contributed by atoms with Crippen molar-refractivity contribution in [2.45, 2.75) is 18.6 Å². The lowest BCUT2D eigenvalue weighted by molar-refractivity contribution is 0.0923. The lowest BCUT2D eigenvalue weighted by Crippen LogP contribution is -2.43. The van der Waals surface area contributed by atoms with Gasteiger partial charge in [0.15, 0.2) is 6.17 Å². The molecule has 9 heteroatoms. The molecule has 0 saturated heterocycles. The number of nitrogens with zero attached hydrogens (tertiary/aromatic N) is 3. The van der Waals surface area contributed by atoms with E-state index in [1.807, 2.05) is 0 Å². The van der Waals surface area contributed by atoms with Gasteiger partial charge in [0.2, 0.25) is 0 Å². The van der Waals surface area contributed by atoms with Crippen molar-refractivity contribution < 1.29 is 17.9 Å². The molecular formula is C20H18ClF3N4O. The number of amidine groups is 1. The predicted octanol–water partition coefficient (Wildman–Crippen LogP) is 4.14. The molecule has 2 heterocycles. The van der Waals surface area contributed by atoms with Gasteiger partial charge in [0, 0.05) is 17.3 Å². The minimum Gasteiger partial charge on any atom is -0.462 e. The van der Waals surface area contributed by atoms with E-state index in [-0.39, 0.29) is 36.4 Å². The quantitative estimate of drug-likeness (QED) is 0.690. The maximum absolute atomic E-state index is 14.6. The first kappa shape index (κ1) is 20.7. The molecule has 1 aliphatic rings. The minimum absolute atomic E-state index is 0. The summed E-state index contributed by atoms with van der Waals surface area (Å²) in [5, 5.41) is 4.26. The largest absolute Gasteiger partial charge is 0.462 e. The first-order valence-corrected chi connectivity index (χ1v) is 8.60. The van der Waals surface area contributed by atoms with Gasteiger partial charge in [-0.3, -0.25) is 0 Å². The van der Waals surface area contributed by atoms with Crippen LogP contribution in [0.1, 0.15) is 12.5 Å². The first-order valence-electron chi connectivity index (χ1n) is 8.60. The van der Waals surface area contributed by atoms with Crippen LogP contribution in [-0.4, -0.2) is 28.6 Å². The van der Waals surface area contributed by atoms with Crippen LogP contribution in [0.2, 0.25) is 0 Å². The van der Waals surface area contributed by atoms with Crippen LogP contribution in [0.4, 0.5) is 13.2 Å².